The largest absolute Gasteiger partial charge is 0.478 e. The van der Waals surface area contributed by atoms with E-state index in [1.54, 1.807) is 0 Å². The molecule has 0 saturated carbocycles. The molecule has 1 aliphatic rings. The monoisotopic (exact) mass is 390 g/mol. The van der Waals surface area contributed by atoms with E-state index in [-0.39, 0.29) is 23.3 Å². The first-order valence-corrected chi connectivity index (χ1v) is 9.48. The van der Waals surface area contributed by atoms with Crippen LogP contribution in [0.4, 0.5) is 10.8 Å². The fraction of sp³-hybridized carbons (Fsp3) is 0.444. The van der Waals surface area contributed by atoms with Crippen LogP contribution in [0.1, 0.15) is 51.6 Å². The Labute approximate surface area is 160 Å². The summed E-state index contributed by atoms with van der Waals surface area (Å²) in [6.45, 7) is 4.62. The molecule has 0 saturated heterocycles. The molecule has 9 heteroatoms. The molecule has 2 heterocycles. The number of thiophene rings is 1. The molecule has 0 atom stereocenters. The first-order chi connectivity index (χ1) is 12.8. The minimum absolute atomic E-state index is 0.0399. The van der Waals surface area contributed by atoms with Gasteiger partial charge in [-0.05, 0) is 30.2 Å². The molecule has 3 rings (SSSR count). The number of amides is 1. The molecular formula is C18H22N4O4S. The molecule has 8 nitrogen and oxygen atoms in total. The summed E-state index contributed by atoms with van der Waals surface area (Å²) in [6, 6.07) is 0. The topological polar surface area (TPSA) is 124 Å². The van der Waals surface area contributed by atoms with Crippen LogP contribution in [0.3, 0.4) is 0 Å². The van der Waals surface area contributed by atoms with E-state index in [0.29, 0.717) is 23.8 Å². The number of carbonyl (C=O) groups excluding carboxylic acids is 1. The number of carboxylic acid groups (broad SMARTS) is 1. The second-order valence-electron chi connectivity index (χ2n) is 7.25. The van der Waals surface area contributed by atoms with Crippen LogP contribution in [0.15, 0.2) is 12.4 Å². The van der Waals surface area contributed by atoms with Gasteiger partial charge >= 0.3 is 5.97 Å². The van der Waals surface area contributed by atoms with Gasteiger partial charge in [-0.3, -0.25) is 4.79 Å². The van der Waals surface area contributed by atoms with Gasteiger partial charge in [-0.1, -0.05) is 13.8 Å². The van der Waals surface area contributed by atoms with Crippen molar-refractivity contribution in [1.82, 2.24) is 9.97 Å². The molecule has 1 aliphatic carbocycles. The normalized spacial score (nSPS) is 15.1. The smallest absolute Gasteiger partial charge is 0.339 e. The lowest BCUT2D eigenvalue weighted by atomic mass is 9.77. The zero-order valence-corrected chi connectivity index (χ0v) is 16.0. The van der Waals surface area contributed by atoms with Crippen LogP contribution in [-0.2, 0) is 12.8 Å². The Morgan fingerprint density at radius 1 is 1.30 bits per heavy atom. The molecular weight excluding hydrogens is 368 g/mol. The lowest BCUT2D eigenvalue weighted by molar-refractivity contribution is 0.0696. The maximum atomic E-state index is 12.5. The molecule has 0 unspecified atom stereocenters. The molecule has 2 aromatic rings. The number of hydrogen-bond donors (Lipinski definition) is 4. The van der Waals surface area contributed by atoms with E-state index in [1.165, 1.54) is 23.7 Å². The molecule has 27 heavy (non-hydrogen) atoms. The molecule has 0 spiro atoms. The van der Waals surface area contributed by atoms with Gasteiger partial charge in [-0.25, -0.2) is 14.8 Å². The van der Waals surface area contributed by atoms with E-state index in [9.17, 15) is 14.7 Å². The summed E-state index contributed by atoms with van der Waals surface area (Å²) in [5, 5.41) is 24.3. The molecule has 0 aromatic carbocycles. The van der Waals surface area contributed by atoms with Crippen molar-refractivity contribution in [3.05, 3.63) is 34.1 Å². The van der Waals surface area contributed by atoms with E-state index in [1.807, 2.05) is 0 Å². The standard InChI is InChI=1S/C18H22N4O4S/c1-18(2)4-3-10-12(7-18)27-16(14(10)17(25)26)22-15(24)11-8-21-13(9-20-11)19-5-6-23/h8-9,23H,3-7H2,1-2H3,(H,19,21)(H,22,24)(H,25,26). The third-order valence-electron chi connectivity index (χ3n) is 4.52. The number of carboxylic acids is 1. The van der Waals surface area contributed by atoms with E-state index in [0.717, 1.165) is 23.3 Å². The number of rotatable bonds is 6. The molecule has 4 N–H and O–H groups in total. The summed E-state index contributed by atoms with van der Waals surface area (Å²) in [5.41, 5.74) is 1.23. The zero-order valence-electron chi connectivity index (χ0n) is 15.2. The van der Waals surface area contributed by atoms with Gasteiger partial charge in [-0.2, -0.15) is 0 Å². The Balaban J connectivity index is 1.82. The zero-order chi connectivity index (χ0) is 19.6. The predicted octanol–water partition coefficient (Wildman–Crippen LogP) is 2.41. The van der Waals surface area contributed by atoms with E-state index in [4.69, 9.17) is 5.11 Å². The summed E-state index contributed by atoms with van der Waals surface area (Å²) >= 11 is 1.33. The minimum atomic E-state index is -1.03. The predicted molar refractivity (Wildman–Crippen MR) is 103 cm³/mol. The van der Waals surface area contributed by atoms with Gasteiger partial charge in [0.2, 0.25) is 0 Å². The average molecular weight is 390 g/mol. The van der Waals surface area contributed by atoms with Crippen molar-refractivity contribution in [3.63, 3.8) is 0 Å². The highest BCUT2D eigenvalue weighted by Gasteiger charge is 2.32. The van der Waals surface area contributed by atoms with Crippen LogP contribution in [0.25, 0.3) is 0 Å². The highest BCUT2D eigenvalue weighted by molar-refractivity contribution is 7.17. The SMILES string of the molecule is CC1(C)CCc2c(sc(NC(=O)c3cnc(NCCO)cn3)c2C(=O)O)C1. The van der Waals surface area contributed by atoms with Gasteiger partial charge in [-0.15, -0.1) is 11.3 Å². The number of anilines is 2. The molecule has 1 amide bonds. The second-order valence-corrected chi connectivity index (χ2v) is 8.35. The quantitative estimate of drug-likeness (QED) is 0.597. The van der Waals surface area contributed by atoms with Gasteiger partial charge < -0.3 is 20.8 Å². The Kier molecular flexibility index (Phi) is 5.43. The number of aliphatic hydroxyl groups excluding tert-OH is 1. The van der Waals surface area contributed by atoms with Crippen LogP contribution >= 0.6 is 11.3 Å². The highest BCUT2D eigenvalue weighted by atomic mass is 32.1. The van der Waals surface area contributed by atoms with Crippen LogP contribution in [0.2, 0.25) is 0 Å². The van der Waals surface area contributed by atoms with E-state index >= 15 is 0 Å². The number of nitrogens with one attached hydrogen (secondary N) is 2. The number of nitrogens with zero attached hydrogens (tertiary/aromatic N) is 2. The fourth-order valence-electron chi connectivity index (χ4n) is 3.11. The summed E-state index contributed by atoms with van der Waals surface area (Å²) in [4.78, 5) is 33.4. The Bertz CT molecular complexity index is 861. The summed E-state index contributed by atoms with van der Waals surface area (Å²) in [7, 11) is 0. The van der Waals surface area contributed by atoms with Gasteiger partial charge in [0.1, 0.15) is 16.5 Å². The first-order valence-electron chi connectivity index (χ1n) is 8.67. The molecule has 0 radical (unpaired) electrons. The molecule has 0 fully saturated rings. The lowest BCUT2D eigenvalue weighted by Crippen LogP contribution is -2.22. The fourth-order valence-corrected chi connectivity index (χ4v) is 4.60. The minimum Gasteiger partial charge on any atom is -0.478 e. The van der Waals surface area contributed by atoms with Crippen LogP contribution in [-0.4, -0.2) is 45.2 Å². The average Bonchev–Trinajstić information content (AvgIpc) is 2.96. The van der Waals surface area contributed by atoms with Crippen molar-refractivity contribution < 1.29 is 19.8 Å². The number of aromatic carboxylic acids is 1. The van der Waals surface area contributed by atoms with Crippen molar-refractivity contribution in [2.45, 2.75) is 33.1 Å². The lowest BCUT2D eigenvalue weighted by Gasteiger charge is -2.29. The van der Waals surface area contributed by atoms with Crippen molar-refractivity contribution in [2.75, 3.05) is 23.8 Å². The van der Waals surface area contributed by atoms with Crippen LogP contribution < -0.4 is 10.6 Å². The first kappa shape index (κ1) is 19.2. The Morgan fingerprint density at radius 2 is 2.07 bits per heavy atom. The molecule has 0 bridgehead atoms. The highest BCUT2D eigenvalue weighted by Crippen LogP contribution is 2.43. The number of aromatic nitrogens is 2. The molecule has 144 valence electrons. The number of aliphatic hydroxyl groups is 1. The maximum absolute atomic E-state index is 12.5. The summed E-state index contributed by atoms with van der Waals surface area (Å²) < 4.78 is 0. The third-order valence-corrected chi connectivity index (χ3v) is 5.67. The number of carbonyl (C=O) groups is 2. The van der Waals surface area contributed by atoms with E-state index in [2.05, 4.69) is 34.4 Å². The van der Waals surface area contributed by atoms with Crippen LogP contribution in [0, 0.1) is 5.41 Å². The second kappa shape index (κ2) is 7.61. The van der Waals surface area contributed by atoms with Crippen molar-refractivity contribution in [2.24, 2.45) is 5.41 Å². The van der Waals surface area contributed by atoms with Crippen molar-refractivity contribution >= 4 is 34.0 Å². The van der Waals surface area contributed by atoms with Gasteiger partial charge in [0, 0.05) is 11.4 Å². The maximum Gasteiger partial charge on any atom is 0.339 e. The summed E-state index contributed by atoms with van der Waals surface area (Å²) in [5.74, 6) is -1.09. The van der Waals surface area contributed by atoms with Gasteiger partial charge in [0.15, 0.2) is 0 Å². The summed E-state index contributed by atoms with van der Waals surface area (Å²) in [6.07, 6.45) is 5.12. The Morgan fingerprint density at radius 3 is 2.70 bits per heavy atom. The van der Waals surface area contributed by atoms with Crippen molar-refractivity contribution in [3.8, 4) is 0 Å². The molecule has 0 aliphatic heterocycles. The van der Waals surface area contributed by atoms with E-state index < -0.39 is 11.9 Å². The number of hydrogen-bond acceptors (Lipinski definition) is 7. The molecule has 2 aromatic heterocycles. The van der Waals surface area contributed by atoms with Crippen molar-refractivity contribution in [1.29, 1.82) is 0 Å². The van der Waals surface area contributed by atoms with Crippen LogP contribution in [0.5, 0.6) is 0 Å². The van der Waals surface area contributed by atoms with Gasteiger partial charge in [0.25, 0.3) is 5.91 Å². The third kappa shape index (κ3) is 4.25. The van der Waals surface area contributed by atoms with Gasteiger partial charge in [0.05, 0.1) is 24.6 Å². The number of fused-ring (bicyclic) bond motifs is 1. The Hall–Kier alpha value is -2.52.